The summed E-state index contributed by atoms with van der Waals surface area (Å²) in [5, 5.41) is 0. The Balaban J connectivity index is 1.73. The van der Waals surface area contributed by atoms with Gasteiger partial charge < -0.3 is 4.90 Å². The van der Waals surface area contributed by atoms with E-state index in [4.69, 9.17) is 0 Å². The highest BCUT2D eigenvalue weighted by molar-refractivity contribution is 7.89. The van der Waals surface area contributed by atoms with Crippen molar-refractivity contribution in [1.82, 2.24) is 14.1 Å². The summed E-state index contributed by atoms with van der Waals surface area (Å²) < 4.78 is 28.4. The minimum absolute atomic E-state index is 0.176. The van der Waals surface area contributed by atoms with Crippen LogP contribution < -0.4 is 0 Å². The van der Waals surface area contributed by atoms with E-state index >= 15 is 0 Å². The van der Waals surface area contributed by atoms with E-state index in [9.17, 15) is 13.2 Å². The maximum Gasteiger partial charge on any atom is 0.243 e. The van der Waals surface area contributed by atoms with Crippen molar-refractivity contribution in [2.75, 3.05) is 39.3 Å². The summed E-state index contributed by atoms with van der Waals surface area (Å²) in [5.41, 5.74) is 3.68. The van der Waals surface area contributed by atoms with Gasteiger partial charge in [0.1, 0.15) is 0 Å². The number of hydrogen-bond donors (Lipinski definition) is 0. The summed E-state index contributed by atoms with van der Waals surface area (Å²) in [4.78, 5) is 17.2. The number of carbonyl (C=O) groups excluding carboxylic acids is 1. The van der Waals surface area contributed by atoms with Gasteiger partial charge >= 0.3 is 0 Å². The quantitative estimate of drug-likeness (QED) is 0.768. The van der Waals surface area contributed by atoms with Crippen molar-refractivity contribution in [3.63, 3.8) is 0 Å². The van der Waals surface area contributed by atoms with Crippen molar-refractivity contribution in [2.45, 2.75) is 58.4 Å². The standard InChI is InChI=1S/C21H33N3O3S/c1-15-14-16(2)18(4)20(17(15)3)28(26,27)24-12-10-22(11-13-24)19(5)21(25)23-8-6-7-9-23/h14,19H,6-13H2,1-5H3/t19-/m1/s1. The molecule has 2 heterocycles. The first kappa shape index (κ1) is 21.3. The Kier molecular flexibility index (Phi) is 6.17. The normalized spacial score (nSPS) is 20.5. The molecule has 28 heavy (non-hydrogen) atoms. The Hall–Kier alpha value is -1.44. The molecule has 7 heteroatoms. The third kappa shape index (κ3) is 3.84. The van der Waals surface area contributed by atoms with Crippen LogP contribution in [0.25, 0.3) is 0 Å². The molecule has 0 aliphatic carbocycles. The maximum atomic E-state index is 13.4. The number of sulfonamides is 1. The van der Waals surface area contributed by atoms with Gasteiger partial charge in [0.25, 0.3) is 0 Å². The van der Waals surface area contributed by atoms with Crippen molar-refractivity contribution >= 4 is 15.9 Å². The zero-order valence-electron chi connectivity index (χ0n) is 17.8. The van der Waals surface area contributed by atoms with Gasteiger partial charge in [0, 0.05) is 39.3 Å². The smallest absolute Gasteiger partial charge is 0.243 e. The van der Waals surface area contributed by atoms with Gasteiger partial charge in [-0.05, 0) is 69.7 Å². The lowest BCUT2D eigenvalue weighted by molar-refractivity contribution is -0.135. The first-order chi connectivity index (χ1) is 13.1. The third-order valence-corrected chi connectivity index (χ3v) is 8.66. The zero-order chi connectivity index (χ0) is 20.6. The predicted molar refractivity (Wildman–Crippen MR) is 111 cm³/mol. The summed E-state index contributed by atoms with van der Waals surface area (Å²) in [6.45, 7) is 13.4. The molecular formula is C21H33N3O3S. The summed E-state index contributed by atoms with van der Waals surface area (Å²) in [7, 11) is -3.54. The number of piperazine rings is 1. The SMILES string of the molecule is Cc1cc(C)c(C)c(S(=O)(=O)N2CCN([C@H](C)C(=O)N3CCCC3)CC2)c1C. The van der Waals surface area contributed by atoms with Crippen LogP contribution >= 0.6 is 0 Å². The minimum Gasteiger partial charge on any atom is -0.341 e. The molecule has 2 aliphatic heterocycles. The molecule has 1 atom stereocenters. The number of hydrogen-bond acceptors (Lipinski definition) is 4. The highest BCUT2D eigenvalue weighted by atomic mass is 32.2. The largest absolute Gasteiger partial charge is 0.341 e. The van der Waals surface area contributed by atoms with E-state index in [1.807, 2.05) is 45.6 Å². The number of amides is 1. The Morgan fingerprint density at radius 1 is 0.893 bits per heavy atom. The number of likely N-dealkylation sites (tertiary alicyclic amines) is 1. The Labute approximate surface area is 169 Å². The Morgan fingerprint density at radius 3 is 1.89 bits per heavy atom. The molecule has 2 saturated heterocycles. The molecule has 3 rings (SSSR count). The first-order valence-corrected chi connectivity index (χ1v) is 11.7. The Morgan fingerprint density at radius 2 is 1.39 bits per heavy atom. The number of carbonyl (C=O) groups is 1. The second-order valence-corrected chi connectivity index (χ2v) is 10.1. The van der Waals surface area contributed by atoms with E-state index in [1.54, 1.807) is 4.31 Å². The van der Waals surface area contributed by atoms with Gasteiger partial charge in [-0.1, -0.05) is 6.07 Å². The van der Waals surface area contributed by atoms with E-state index in [2.05, 4.69) is 4.90 Å². The first-order valence-electron chi connectivity index (χ1n) is 10.2. The fourth-order valence-corrected chi connectivity index (χ4v) is 6.38. The summed E-state index contributed by atoms with van der Waals surface area (Å²) in [6, 6.07) is 1.86. The molecule has 0 spiro atoms. The fraction of sp³-hybridized carbons (Fsp3) is 0.667. The van der Waals surface area contributed by atoms with Gasteiger partial charge in [0.2, 0.25) is 15.9 Å². The van der Waals surface area contributed by atoms with Crippen LogP contribution in [0.3, 0.4) is 0 Å². The van der Waals surface area contributed by atoms with Crippen LogP contribution in [0.2, 0.25) is 0 Å². The van der Waals surface area contributed by atoms with Gasteiger partial charge in [-0.3, -0.25) is 9.69 Å². The number of nitrogens with zero attached hydrogens (tertiary/aromatic N) is 3. The van der Waals surface area contributed by atoms with Crippen molar-refractivity contribution in [3.8, 4) is 0 Å². The topological polar surface area (TPSA) is 60.9 Å². The minimum atomic E-state index is -3.54. The summed E-state index contributed by atoms with van der Waals surface area (Å²) in [6.07, 6.45) is 2.16. The lowest BCUT2D eigenvalue weighted by atomic mass is 10.0. The molecule has 0 saturated carbocycles. The third-order valence-electron chi connectivity index (χ3n) is 6.49. The summed E-state index contributed by atoms with van der Waals surface area (Å²) >= 11 is 0. The molecular weight excluding hydrogens is 374 g/mol. The van der Waals surface area contributed by atoms with Gasteiger partial charge in [0.05, 0.1) is 10.9 Å². The second-order valence-electron chi connectivity index (χ2n) is 8.24. The van der Waals surface area contributed by atoms with Crippen LogP contribution in [0.5, 0.6) is 0 Å². The maximum absolute atomic E-state index is 13.4. The van der Waals surface area contributed by atoms with Crippen LogP contribution in [0.15, 0.2) is 11.0 Å². The van der Waals surface area contributed by atoms with E-state index in [-0.39, 0.29) is 11.9 Å². The number of rotatable bonds is 4. The van der Waals surface area contributed by atoms with E-state index < -0.39 is 10.0 Å². The van der Waals surface area contributed by atoms with E-state index in [1.165, 1.54) is 0 Å². The molecule has 2 aliphatic rings. The second kappa shape index (κ2) is 8.13. The van der Waals surface area contributed by atoms with Gasteiger partial charge in [-0.2, -0.15) is 4.31 Å². The molecule has 1 aromatic rings. The monoisotopic (exact) mass is 407 g/mol. The number of benzene rings is 1. The molecule has 0 bridgehead atoms. The lowest BCUT2D eigenvalue weighted by Gasteiger charge is -2.38. The average Bonchev–Trinajstić information content (AvgIpc) is 3.20. The van der Waals surface area contributed by atoms with Gasteiger partial charge in [-0.25, -0.2) is 8.42 Å². The lowest BCUT2D eigenvalue weighted by Crippen LogP contribution is -2.55. The van der Waals surface area contributed by atoms with Crippen molar-refractivity contribution < 1.29 is 13.2 Å². The van der Waals surface area contributed by atoms with Gasteiger partial charge in [0.15, 0.2) is 0 Å². The molecule has 1 aromatic carbocycles. The molecule has 0 radical (unpaired) electrons. The highest BCUT2D eigenvalue weighted by Crippen LogP contribution is 2.29. The van der Waals surface area contributed by atoms with Crippen LogP contribution in [0.4, 0.5) is 0 Å². The average molecular weight is 408 g/mol. The predicted octanol–water partition coefficient (Wildman–Crippen LogP) is 2.24. The van der Waals surface area contributed by atoms with Crippen molar-refractivity contribution in [3.05, 3.63) is 28.3 Å². The molecule has 1 amide bonds. The van der Waals surface area contributed by atoms with Crippen LogP contribution in [-0.2, 0) is 14.8 Å². The van der Waals surface area contributed by atoms with Crippen molar-refractivity contribution in [1.29, 1.82) is 0 Å². The molecule has 2 fully saturated rings. The van der Waals surface area contributed by atoms with Crippen LogP contribution in [0, 0.1) is 27.7 Å². The number of aryl methyl sites for hydroxylation is 2. The molecule has 0 N–H and O–H groups in total. The highest BCUT2D eigenvalue weighted by Gasteiger charge is 2.35. The zero-order valence-corrected chi connectivity index (χ0v) is 18.6. The van der Waals surface area contributed by atoms with Crippen LogP contribution in [0.1, 0.15) is 42.0 Å². The molecule has 0 aromatic heterocycles. The molecule has 0 unspecified atom stereocenters. The van der Waals surface area contributed by atoms with Gasteiger partial charge in [-0.15, -0.1) is 0 Å². The summed E-state index contributed by atoms with van der Waals surface area (Å²) in [5.74, 6) is 0.176. The molecule has 156 valence electrons. The molecule has 6 nitrogen and oxygen atoms in total. The van der Waals surface area contributed by atoms with Crippen LogP contribution in [-0.4, -0.2) is 73.7 Å². The fourth-order valence-electron chi connectivity index (χ4n) is 4.39. The van der Waals surface area contributed by atoms with E-state index in [0.29, 0.717) is 31.1 Å². The van der Waals surface area contributed by atoms with Crippen molar-refractivity contribution in [2.24, 2.45) is 0 Å². The van der Waals surface area contributed by atoms with E-state index in [0.717, 1.165) is 48.2 Å². The Bertz CT molecular complexity index is 826.